The standard InChI is InChI=1S/C17H23Cl2N/c1-2-20-11-17(9-12-6-7-13(17)8-12)10-14-15(18)4-3-5-16(14)19/h3-5,12-13,20H,2,6-11H2,1H3. The summed E-state index contributed by atoms with van der Waals surface area (Å²) in [4.78, 5) is 0. The summed E-state index contributed by atoms with van der Waals surface area (Å²) in [7, 11) is 0. The molecule has 3 atom stereocenters. The van der Waals surface area contributed by atoms with E-state index in [0.717, 1.165) is 47.0 Å². The lowest BCUT2D eigenvalue weighted by Crippen LogP contribution is -2.40. The van der Waals surface area contributed by atoms with Gasteiger partial charge in [-0.1, -0.05) is 42.6 Å². The van der Waals surface area contributed by atoms with Gasteiger partial charge >= 0.3 is 0 Å². The molecule has 3 heteroatoms. The van der Waals surface area contributed by atoms with Crippen LogP contribution < -0.4 is 5.32 Å². The quantitative estimate of drug-likeness (QED) is 0.811. The van der Waals surface area contributed by atoms with E-state index in [1.165, 1.54) is 25.7 Å². The van der Waals surface area contributed by atoms with E-state index in [-0.39, 0.29) is 0 Å². The average molecular weight is 312 g/mol. The number of rotatable bonds is 5. The molecule has 1 N–H and O–H groups in total. The van der Waals surface area contributed by atoms with Crippen molar-refractivity contribution in [2.75, 3.05) is 13.1 Å². The summed E-state index contributed by atoms with van der Waals surface area (Å²) in [5, 5.41) is 5.25. The number of fused-ring (bicyclic) bond motifs is 2. The Kier molecular flexibility index (Phi) is 4.31. The predicted molar refractivity (Wildman–Crippen MR) is 86.6 cm³/mol. The van der Waals surface area contributed by atoms with Crippen molar-refractivity contribution >= 4 is 23.2 Å². The van der Waals surface area contributed by atoms with E-state index in [1.807, 2.05) is 18.2 Å². The fourth-order valence-corrected chi connectivity index (χ4v) is 5.01. The van der Waals surface area contributed by atoms with Crippen LogP contribution >= 0.6 is 23.2 Å². The maximum absolute atomic E-state index is 6.40. The van der Waals surface area contributed by atoms with Crippen molar-refractivity contribution in [1.82, 2.24) is 5.32 Å². The van der Waals surface area contributed by atoms with Crippen LogP contribution in [0.2, 0.25) is 10.0 Å². The minimum Gasteiger partial charge on any atom is -0.316 e. The van der Waals surface area contributed by atoms with Gasteiger partial charge in [0.05, 0.1) is 0 Å². The molecule has 0 heterocycles. The summed E-state index contributed by atoms with van der Waals surface area (Å²) < 4.78 is 0. The van der Waals surface area contributed by atoms with Crippen LogP contribution in [-0.4, -0.2) is 13.1 Å². The zero-order chi connectivity index (χ0) is 14.2. The maximum Gasteiger partial charge on any atom is 0.0453 e. The highest BCUT2D eigenvalue weighted by Gasteiger charge is 2.50. The van der Waals surface area contributed by atoms with Crippen LogP contribution in [0.25, 0.3) is 0 Å². The van der Waals surface area contributed by atoms with E-state index < -0.39 is 0 Å². The first kappa shape index (κ1) is 14.7. The zero-order valence-corrected chi connectivity index (χ0v) is 13.6. The minimum absolute atomic E-state index is 0.369. The lowest BCUT2D eigenvalue weighted by molar-refractivity contribution is 0.157. The van der Waals surface area contributed by atoms with Crippen LogP contribution in [0.15, 0.2) is 18.2 Å². The Morgan fingerprint density at radius 1 is 1.25 bits per heavy atom. The fraction of sp³-hybridized carbons (Fsp3) is 0.647. The monoisotopic (exact) mass is 311 g/mol. The summed E-state index contributed by atoms with van der Waals surface area (Å²) in [5.41, 5.74) is 1.52. The summed E-state index contributed by atoms with van der Waals surface area (Å²) in [5.74, 6) is 1.78. The molecule has 0 aliphatic heterocycles. The highest BCUT2D eigenvalue weighted by Crippen LogP contribution is 2.57. The molecule has 20 heavy (non-hydrogen) atoms. The number of hydrogen-bond acceptors (Lipinski definition) is 1. The van der Waals surface area contributed by atoms with Gasteiger partial charge < -0.3 is 5.32 Å². The molecule has 0 aromatic heterocycles. The highest BCUT2D eigenvalue weighted by molar-refractivity contribution is 6.36. The van der Waals surface area contributed by atoms with Gasteiger partial charge in [0.2, 0.25) is 0 Å². The van der Waals surface area contributed by atoms with Gasteiger partial charge in [0.1, 0.15) is 0 Å². The lowest BCUT2D eigenvalue weighted by Gasteiger charge is -2.39. The molecule has 2 aliphatic carbocycles. The molecule has 1 aromatic carbocycles. The first-order chi connectivity index (χ1) is 9.64. The van der Waals surface area contributed by atoms with Gasteiger partial charge in [0, 0.05) is 16.6 Å². The molecule has 2 bridgehead atoms. The Hall–Kier alpha value is -0.240. The molecule has 0 amide bonds. The van der Waals surface area contributed by atoms with Crippen LogP contribution in [0, 0.1) is 17.3 Å². The molecule has 2 aliphatic rings. The van der Waals surface area contributed by atoms with E-state index >= 15 is 0 Å². The largest absolute Gasteiger partial charge is 0.316 e. The SMILES string of the molecule is CCNCC1(Cc2c(Cl)cccc2Cl)CC2CCC1C2. The number of halogens is 2. The molecule has 1 aromatic rings. The van der Waals surface area contributed by atoms with Gasteiger partial charge in [-0.05, 0) is 67.2 Å². The van der Waals surface area contributed by atoms with Crippen LogP contribution in [0.3, 0.4) is 0 Å². The van der Waals surface area contributed by atoms with E-state index in [4.69, 9.17) is 23.2 Å². The Morgan fingerprint density at radius 2 is 2.00 bits per heavy atom. The average Bonchev–Trinajstić information content (AvgIpc) is 3.02. The topological polar surface area (TPSA) is 12.0 Å². The van der Waals surface area contributed by atoms with Gasteiger partial charge in [-0.3, -0.25) is 0 Å². The molecule has 0 radical (unpaired) electrons. The Balaban J connectivity index is 1.87. The smallest absolute Gasteiger partial charge is 0.0453 e. The molecule has 1 nitrogen and oxygen atoms in total. The second-order valence-corrected chi connectivity index (χ2v) is 7.41. The summed E-state index contributed by atoms with van der Waals surface area (Å²) in [6, 6.07) is 5.87. The summed E-state index contributed by atoms with van der Waals surface area (Å²) in [6.45, 7) is 4.32. The van der Waals surface area contributed by atoms with Gasteiger partial charge in [-0.25, -0.2) is 0 Å². The van der Waals surface area contributed by atoms with Crippen molar-refractivity contribution < 1.29 is 0 Å². The molecule has 0 spiro atoms. The molecular weight excluding hydrogens is 289 g/mol. The summed E-state index contributed by atoms with van der Waals surface area (Å²) >= 11 is 12.8. The second-order valence-electron chi connectivity index (χ2n) is 6.60. The van der Waals surface area contributed by atoms with E-state index in [9.17, 15) is 0 Å². The van der Waals surface area contributed by atoms with Gasteiger partial charge in [-0.15, -0.1) is 0 Å². The minimum atomic E-state index is 0.369. The molecule has 2 saturated carbocycles. The third-order valence-corrected chi connectivity index (χ3v) is 6.13. The lowest BCUT2D eigenvalue weighted by atomic mass is 9.69. The first-order valence-corrected chi connectivity index (χ1v) is 8.54. The van der Waals surface area contributed by atoms with Crippen molar-refractivity contribution in [1.29, 1.82) is 0 Å². The normalized spacial score (nSPS) is 31.9. The number of benzene rings is 1. The third-order valence-electron chi connectivity index (χ3n) is 5.42. The zero-order valence-electron chi connectivity index (χ0n) is 12.1. The Bertz CT molecular complexity index is 468. The molecule has 0 saturated heterocycles. The summed E-state index contributed by atoms with van der Waals surface area (Å²) in [6.07, 6.45) is 6.59. The van der Waals surface area contributed by atoms with Crippen LogP contribution in [0.1, 0.15) is 38.2 Å². The number of hydrogen-bond donors (Lipinski definition) is 1. The third kappa shape index (κ3) is 2.61. The first-order valence-electron chi connectivity index (χ1n) is 7.78. The van der Waals surface area contributed by atoms with E-state index in [1.54, 1.807) is 0 Å². The predicted octanol–water partition coefficient (Wildman–Crippen LogP) is 4.95. The van der Waals surface area contributed by atoms with E-state index in [2.05, 4.69) is 12.2 Å². The van der Waals surface area contributed by atoms with Gasteiger partial charge in [0.15, 0.2) is 0 Å². The van der Waals surface area contributed by atoms with Crippen molar-refractivity contribution in [2.45, 2.75) is 39.0 Å². The van der Waals surface area contributed by atoms with Crippen LogP contribution in [-0.2, 0) is 6.42 Å². The van der Waals surface area contributed by atoms with Crippen molar-refractivity contribution in [3.63, 3.8) is 0 Å². The molecule has 3 unspecified atom stereocenters. The van der Waals surface area contributed by atoms with E-state index in [0.29, 0.717) is 5.41 Å². The highest BCUT2D eigenvalue weighted by atomic mass is 35.5. The van der Waals surface area contributed by atoms with Crippen molar-refractivity contribution in [2.24, 2.45) is 17.3 Å². The van der Waals surface area contributed by atoms with Crippen LogP contribution in [0.5, 0.6) is 0 Å². The second kappa shape index (κ2) is 5.87. The van der Waals surface area contributed by atoms with Gasteiger partial charge in [0.25, 0.3) is 0 Å². The molecule has 110 valence electrons. The Morgan fingerprint density at radius 3 is 2.55 bits per heavy atom. The number of nitrogens with one attached hydrogen (secondary N) is 1. The van der Waals surface area contributed by atoms with Crippen molar-refractivity contribution in [3.8, 4) is 0 Å². The van der Waals surface area contributed by atoms with Crippen molar-refractivity contribution in [3.05, 3.63) is 33.8 Å². The Labute approximate surface area is 132 Å². The van der Waals surface area contributed by atoms with Gasteiger partial charge in [-0.2, -0.15) is 0 Å². The molecular formula is C17H23Cl2N. The van der Waals surface area contributed by atoms with Crippen LogP contribution in [0.4, 0.5) is 0 Å². The molecule has 2 fully saturated rings. The fourth-order valence-electron chi connectivity index (χ4n) is 4.48. The molecule has 3 rings (SSSR count). The maximum atomic E-state index is 6.40.